The van der Waals surface area contributed by atoms with Crippen LogP contribution in [0.1, 0.15) is 118 Å². The third-order valence-electron chi connectivity index (χ3n) is 15.8. The summed E-state index contributed by atoms with van der Waals surface area (Å²) in [6.45, 7) is 8.36. The second-order valence-electron chi connectivity index (χ2n) is 20.5. The molecule has 11 rings (SSSR count). The van der Waals surface area contributed by atoms with Crippen molar-refractivity contribution >= 4 is 44.0 Å². The molecule has 69 heavy (non-hydrogen) atoms. The standard InChI is InChI=1S/C52H61N7O9S/c1-32(2)39-11-6-7-12-40(39)43-13-8-20-58(43)36-27-52(28-36)17-21-57(22-18-52)35-14-15-41(45(24-35)68-47-23-34-16-19-53-49(34)55-51(47)67-37-29-65-30-37)50(60)56-69(63,64)38-25-44(59(61)62)48-46(26-38)66-31-42(54-48)33-9-4-3-5-10-33/h6-7,11-12,14-16,19,23-26,32-33,36-37,42-43,54H,3-5,8-10,13,17-18,20-22,27-31H2,1-2H3,(H,53,55)(H,56,60)/t42-,43-/m1/s1. The number of aromatic amines is 1. The van der Waals surface area contributed by atoms with Gasteiger partial charge in [0.05, 0.1) is 34.6 Å². The number of hydrogen-bond acceptors (Lipinski definition) is 13. The fourth-order valence-electron chi connectivity index (χ4n) is 11.9. The van der Waals surface area contributed by atoms with Crippen molar-refractivity contribution in [1.82, 2.24) is 19.6 Å². The Hall–Kier alpha value is -5.91. The SMILES string of the molecule is CC(C)c1ccccc1[C@H]1CCCN1C1CC2(CCN(c3ccc(C(=O)NS(=O)(=O)c4cc5c(c([N+](=O)[O-])c4)N[C@@H](C4CCCCC4)CO5)c(Oc4cc5cc[nH]c5nc4OC4COC4)c3)CC2)C1. The number of carbonyl (C=O) groups is 1. The van der Waals surface area contributed by atoms with Crippen LogP contribution < -0.4 is 29.1 Å². The van der Waals surface area contributed by atoms with Crippen LogP contribution in [-0.2, 0) is 14.8 Å². The number of ether oxygens (including phenoxy) is 4. The summed E-state index contributed by atoms with van der Waals surface area (Å²) in [6, 6.07) is 20.9. The number of benzene rings is 3. The molecule has 5 aromatic rings. The lowest BCUT2D eigenvalue weighted by Crippen LogP contribution is -2.54. The first-order valence-electron chi connectivity index (χ1n) is 24.8. The molecule has 1 spiro atoms. The summed E-state index contributed by atoms with van der Waals surface area (Å²) in [5, 5.41) is 16.5. The first-order chi connectivity index (χ1) is 33.4. The number of nitro groups is 1. The average Bonchev–Trinajstić information content (AvgIpc) is 4.01. The lowest BCUT2D eigenvalue weighted by molar-refractivity contribution is -0.384. The van der Waals surface area contributed by atoms with Crippen molar-refractivity contribution in [2.24, 2.45) is 11.3 Å². The zero-order valence-corrected chi connectivity index (χ0v) is 40.1. The van der Waals surface area contributed by atoms with E-state index in [1.807, 2.05) is 12.1 Å². The van der Waals surface area contributed by atoms with Crippen LogP contribution in [0.25, 0.3) is 11.0 Å². The Morgan fingerprint density at radius 2 is 1.74 bits per heavy atom. The molecule has 4 aliphatic heterocycles. The number of rotatable bonds is 13. The first-order valence-corrected chi connectivity index (χ1v) is 26.3. The van der Waals surface area contributed by atoms with Gasteiger partial charge in [0.15, 0.2) is 17.2 Å². The Balaban J connectivity index is 0.843. The highest BCUT2D eigenvalue weighted by molar-refractivity contribution is 7.90. The van der Waals surface area contributed by atoms with Crippen molar-refractivity contribution in [2.45, 2.75) is 120 Å². The van der Waals surface area contributed by atoms with Crippen LogP contribution in [-0.4, -0.2) is 91.8 Å². The average molecular weight is 960 g/mol. The molecular weight excluding hydrogens is 899 g/mol. The summed E-state index contributed by atoms with van der Waals surface area (Å²) in [5.41, 5.74) is 4.26. The van der Waals surface area contributed by atoms with E-state index in [1.54, 1.807) is 24.4 Å². The number of sulfonamides is 1. The fraction of sp³-hybridized carbons (Fsp3) is 0.500. The minimum absolute atomic E-state index is 0.0443. The lowest BCUT2D eigenvalue weighted by atomic mass is 9.59. The molecule has 2 aromatic heterocycles. The second kappa shape index (κ2) is 18.4. The highest BCUT2D eigenvalue weighted by Gasteiger charge is 2.50. The number of amides is 1. The van der Waals surface area contributed by atoms with Crippen LogP contribution >= 0.6 is 0 Å². The number of fused-ring (bicyclic) bond motifs is 2. The Bertz CT molecular complexity index is 2860. The van der Waals surface area contributed by atoms with Crippen molar-refractivity contribution in [3.05, 3.63) is 99.7 Å². The molecule has 3 N–H and O–H groups in total. The number of carbonyl (C=O) groups excluding carboxylic acids is 1. The van der Waals surface area contributed by atoms with Crippen molar-refractivity contribution in [3.63, 3.8) is 0 Å². The van der Waals surface area contributed by atoms with Gasteiger partial charge >= 0.3 is 0 Å². The van der Waals surface area contributed by atoms with Crippen LogP contribution in [0.4, 0.5) is 17.1 Å². The van der Waals surface area contributed by atoms with Gasteiger partial charge in [-0.05, 0) is 111 Å². The molecule has 2 aliphatic carbocycles. The number of pyridine rings is 1. The van der Waals surface area contributed by atoms with E-state index < -0.39 is 31.4 Å². The molecule has 0 unspecified atom stereocenters. The van der Waals surface area contributed by atoms with Crippen molar-refractivity contribution in [3.8, 4) is 23.1 Å². The summed E-state index contributed by atoms with van der Waals surface area (Å²) in [6.07, 6.45) is 13.7. The fourth-order valence-corrected chi connectivity index (χ4v) is 12.9. The second-order valence-corrected chi connectivity index (χ2v) is 22.1. The third kappa shape index (κ3) is 8.97. The zero-order valence-electron chi connectivity index (χ0n) is 39.3. The largest absolute Gasteiger partial charge is 0.489 e. The minimum atomic E-state index is -4.67. The van der Waals surface area contributed by atoms with Gasteiger partial charge in [-0.15, -0.1) is 0 Å². The van der Waals surface area contributed by atoms with Crippen LogP contribution in [0.5, 0.6) is 23.1 Å². The molecule has 2 atom stereocenters. The van der Waals surface area contributed by atoms with E-state index in [4.69, 9.17) is 18.9 Å². The maximum atomic E-state index is 14.4. The van der Waals surface area contributed by atoms with Gasteiger partial charge in [0.25, 0.3) is 27.5 Å². The molecule has 3 saturated heterocycles. The van der Waals surface area contributed by atoms with Gasteiger partial charge < -0.3 is 34.1 Å². The van der Waals surface area contributed by atoms with Gasteiger partial charge in [-0.3, -0.25) is 19.8 Å². The molecule has 2 saturated carbocycles. The molecule has 17 heteroatoms. The van der Waals surface area contributed by atoms with Crippen molar-refractivity contribution < 1.29 is 37.1 Å². The number of aromatic nitrogens is 2. The number of H-pyrrole nitrogens is 1. The number of hydrogen-bond donors (Lipinski definition) is 3. The predicted molar refractivity (Wildman–Crippen MR) is 261 cm³/mol. The highest BCUT2D eigenvalue weighted by atomic mass is 32.2. The molecule has 364 valence electrons. The lowest BCUT2D eigenvalue weighted by Gasteiger charge is -2.56. The van der Waals surface area contributed by atoms with Crippen molar-refractivity contribution in [1.29, 1.82) is 0 Å². The number of nitro benzene ring substituents is 1. The van der Waals surface area contributed by atoms with Gasteiger partial charge in [0, 0.05) is 60.6 Å². The number of piperidine rings is 1. The van der Waals surface area contributed by atoms with E-state index in [0.717, 1.165) is 81.7 Å². The topological polar surface area (TPSA) is 190 Å². The predicted octanol–water partition coefficient (Wildman–Crippen LogP) is 9.62. The molecule has 6 heterocycles. The number of nitrogens with zero attached hydrogens (tertiary/aromatic N) is 4. The maximum Gasteiger partial charge on any atom is 0.297 e. The molecule has 1 amide bonds. The molecular formula is C52H61N7O9S. The van der Waals surface area contributed by atoms with Gasteiger partial charge in [-0.1, -0.05) is 57.4 Å². The first kappa shape index (κ1) is 45.5. The molecule has 6 aliphatic rings. The van der Waals surface area contributed by atoms with E-state index in [9.17, 15) is 23.3 Å². The van der Waals surface area contributed by atoms with E-state index in [2.05, 4.69) is 67.9 Å². The smallest absolute Gasteiger partial charge is 0.297 e. The molecule has 3 aromatic carbocycles. The zero-order chi connectivity index (χ0) is 47.4. The Kier molecular flexibility index (Phi) is 12.2. The summed E-state index contributed by atoms with van der Waals surface area (Å²) in [7, 11) is -4.67. The third-order valence-corrected chi connectivity index (χ3v) is 17.1. The Morgan fingerprint density at radius 1 is 0.942 bits per heavy atom. The van der Waals surface area contributed by atoms with Crippen LogP contribution in [0.2, 0.25) is 0 Å². The molecule has 5 fully saturated rings. The monoisotopic (exact) mass is 959 g/mol. The van der Waals surface area contributed by atoms with Gasteiger partial charge in [-0.25, -0.2) is 13.1 Å². The van der Waals surface area contributed by atoms with Crippen LogP contribution in [0, 0.1) is 21.4 Å². The molecule has 0 bridgehead atoms. The van der Waals surface area contributed by atoms with Crippen molar-refractivity contribution in [2.75, 3.05) is 49.7 Å². The Labute approximate surface area is 402 Å². The number of nitrogens with one attached hydrogen (secondary N) is 3. The van der Waals surface area contributed by atoms with E-state index >= 15 is 0 Å². The maximum absolute atomic E-state index is 14.4. The summed E-state index contributed by atoms with van der Waals surface area (Å²) >= 11 is 0. The minimum Gasteiger partial charge on any atom is -0.489 e. The summed E-state index contributed by atoms with van der Waals surface area (Å²) in [4.78, 5) is 38.6. The highest BCUT2D eigenvalue weighted by Crippen LogP contribution is 2.54. The molecule has 16 nitrogen and oxygen atoms in total. The Morgan fingerprint density at radius 3 is 2.49 bits per heavy atom. The van der Waals surface area contributed by atoms with E-state index in [0.29, 0.717) is 42.8 Å². The van der Waals surface area contributed by atoms with Gasteiger partial charge in [0.2, 0.25) is 0 Å². The van der Waals surface area contributed by atoms with Gasteiger partial charge in [0.1, 0.15) is 24.1 Å². The summed E-state index contributed by atoms with van der Waals surface area (Å²) < 4.78 is 54.6. The number of anilines is 2. The van der Waals surface area contributed by atoms with E-state index in [1.165, 1.54) is 42.9 Å². The van der Waals surface area contributed by atoms with Crippen LogP contribution in [0.15, 0.2) is 77.8 Å². The summed E-state index contributed by atoms with van der Waals surface area (Å²) in [5.74, 6) is 0.362. The van der Waals surface area contributed by atoms with Crippen LogP contribution in [0.3, 0.4) is 0 Å². The number of likely N-dealkylation sites (tertiary alicyclic amines) is 1. The van der Waals surface area contributed by atoms with E-state index in [-0.39, 0.29) is 58.5 Å². The van der Waals surface area contributed by atoms with Gasteiger partial charge in [-0.2, -0.15) is 4.98 Å². The molecule has 0 radical (unpaired) electrons. The quantitative estimate of drug-likeness (QED) is 0.0748. The normalized spacial score (nSPS) is 22.1.